The molecule has 2 aromatic carbocycles. The van der Waals surface area contributed by atoms with Crippen LogP contribution in [0, 0.1) is 5.82 Å². The molecule has 7 heteroatoms. The van der Waals surface area contributed by atoms with Crippen molar-refractivity contribution in [2.24, 2.45) is 0 Å². The lowest BCUT2D eigenvalue weighted by Crippen LogP contribution is -2.33. The first-order valence-electron chi connectivity index (χ1n) is 8.13. The highest BCUT2D eigenvalue weighted by Crippen LogP contribution is 2.34. The van der Waals surface area contributed by atoms with Gasteiger partial charge in [0.15, 0.2) is 0 Å². The Morgan fingerprint density at radius 1 is 1.27 bits per heavy atom. The summed E-state index contributed by atoms with van der Waals surface area (Å²) in [6, 6.07) is 11.5. The predicted octanol–water partition coefficient (Wildman–Crippen LogP) is 4.03. The highest BCUT2D eigenvalue weighted by Gasteiger charge is 2.25. The zero-order valence-corrected chi connectivity index (χ0v) is 15.2. The molecule has 1 aliphatic heterocycles. The van der Waals surface area contributed by atoms with E-state index in [1.807, 2.05) is 18.2 Å². The van der Waals surface area contributed by atoms with Crippen LogP contribution in [-0.2, 0) is 0 Å². The molecule has 2 heterocycles. The molecule has 0 aliphatic carbocycles. The minimum atomic E-state index is -0.329. The molecule has 1 atom stereocenters. The quantitative estimate of drug-likeness (QED) is 0.702. The van der Waals surface area contributed by atoms with Gasteiger partial charge in [-0.25, -0.2) is 9.37 Å². The number of rotatable bonds is 3. The van der Waals surface area contributed by atoms with Crippen LogP contribution in [0.15, 0.2) is 59.5 Å². The monoisotopic (exact) mass is 415 g/mol. The van der Waals surface area contributed by atoms with Gasteiger partial charge < -0.3 is 10.1 Å². The predicted molar refractivity (Wildman–Crippen MR) is 98.0 cm³/mol. The maximum absolute atomic E-state index is 13.1. The van der Waals surface area contributed by atoms with Gasteiger partial charge in [0.1, 0.15) is 17.3 Å². The number of carbonyl (C=O) groups is 1. The van der Waals surface area contributed by atoms with E-state index in [0.29, 0.717) is 24.4 Å². The number of nitrogens with one attached hydrogen (secondary N) is 1. The summed E-state index contributed by atoms with van der Waals surface area (Å²) in [5, 5.41) is 3.05. The summed E-state index contributed by atoms with van der Waals surface area (Å²) >= 11 is 3.46. The number of carbonyl (C=O) groups excluding carboxylic acids is 1. The summed E-state index contributed by atoms with van der Waals surface area (Å²) in [5.74, 6) is 0.200. The van der Waals surface area contributed by atoms with Gasteiger partial charge >= 0.3 is 0 Å². The smallest absolute Gasteiger partial charge is 0.270 e. The molecule has 0 fully saturated rings. The summed E-state index contributed by atoms with van der Waals surface area (Å²) < 4.78 is 21.4. The number of fused-ring (bicyclic) bond motifs is 1. The van der Waals surface area contributed by atoms with Crippen molar-refractivity contribution in [1.82, 2.24) is 14.9 Å². The second-order valence-electron chi connectivity index (χ2n) is 5.97. The third-order valence-corrected chi connectivity index (χ3v) is 4.79. The molecule has 132 valence electrons. The second kappa shape index (κ2) is 6.92. The standard InChI is InChI=1S/C19H15BrFN3O2/c20-12-1-6-18-15(9-12)16(7-8-26-18)23-19(25)17-10-22-11-24(17)14-4-2-13(21)3-5-14/h1-6,9-11,16H,7-8H2,(H,23,25). The normalized spacial score (nSPS) is 15.8. The number of nitrogens with zero attached hydrogens (tertiary/aromatic N) is 2. The Hall–Kier alpha value is -2.67. The maximum Gasteiger partial charge on any atom is 0.270 e. The summed E-state index contributed by atoms with van der Waals surface area (Å²) in [5.41, 5.74) is 2.00. The number of ether oxygens (including phenoxy) is 1. The van der Waals surface area contributed by atoms with Crippen LogP contribution >= 0.6 is 15.9 Å². The fourth-order valence-electron chi connectivity index (χ4n) is 3.02. The van der Waals surface area contributed by atoms with Crippen LogP contribution in [0.4, 0.5) is 4.39 Å². The van der Waals surface area contributed by atoms with E-state index in [-0.39, 0.29) is 17.8 Å². The van der Waals surface area contributed by atoms with E-state index in [2.05, 4.69) is 26.2 Å². The van der Waals surface area contributed by atoms with Gasteiger partial charge in [0, 0.05) is 22.1 Å². The van der Waals surface area contributed by atoms with E-state index in [4.69, 9.17) is 4.74 Å². The third kappa shape index (κ3) is 3.22. The molecule has 0 spiro atoms. The van der Waals surface area contributed by atoms with Crippen molar-refractivity contribution in [3.63, 3.8) is 0 Å². The Balaban J connectivity index is 1.60. The van der Waals surface area contributed by atoms with Gasteiger partial charge in [-0.1, -0.05) is 15.9 Å². The van der Waals surface area contributed by atoms with Gasteiger partial charge in [-0.15, -0.1) is 0 Å². The van der Waals surface area contributed by atoms with Crippen molar-refractivity contribution in [3.05, 3.63) is 76.5 Å². The van der Waals surface area contributed by atoms with E-state index in [9.17, 15) is 9.18 Å². The zero-order valence-electron chi connectivity index (χ0n) is 13.7. The minimum absolute atomic E-state index is 0.152. The number of aromatic nitrogens is 2. The van der Waals surface area contributed by atoms with Crippen molar-refractivity contribution >= 4 is 21.8 Å². The van der Waals surface area contributed by atoms with Gasteiger partial charge in [0.25, 0.3) is 5.91 Å². The Morgan fingerprint density at radius 2 is 2.08 bits per heavy atom. The average Bonchev–Trinajstić information content (AvgIpc) is 3.13. The molecule has 4 rings (SSSR count). The largest absolute Gasteiger partial charge is 0.493 e. The molecule has 1 amide bonds. The fraction of sp³-hybridized carbons (Fsp3) is 0.158. The summed E-state index contributed by atoms with van der Waals surface area (Å²) in [4.78, 5) is 16.9. The molecule has 26 heavy (non-hydrogen) atoms. The molecule has 1 N–H and O–H groups in total. The third-order valence-electron chi connectivity index (χ3n) is 4.29. The lowest BCUT2D eigenvalue weighted by molar-refractivity contribution is 0.0918. The highest BCUT2D eigenvalue weighted by molar-refractivity contribution is 9.10. The van der Waals surface area contributed by atoms with Crippen LogP contribution in [0.3, 0.4) is 0 Å². The van der Waals surface area contributed by atoms with E-state index in [1.165, 1.54) is 24.7 Å². The van der Waals surface area contributed by atoms with Crippen LogP contribution in [0.5, 0.6) is 5.75 Å². The Bertz CT molecular complexity index is 956. The first-order valence-corrected chi connectivity index (χ1v) is 8.92. The summed E-state index contributed by atoms with van der Waals surface area (Å²) in [6.45, 7) is 0.538. The van der Waals surface area contributed by atoms with Crippen molar-refractivity contribution in [1.29, 1.82) is 0 Å². The molecule has 0 radical (unpaired) electrons. The van der Waals surface area contributed by atoms with Gasteiger partial charge in [-0.05, 0) is 42.5 Å². The number of hydrogen-bond donors (Lipinski definition) is 1. The molecule has 1 unspecified atom stereocenters. The molecule has 0 saturated heterocycles. The Morgan fingerprint density at radius 3 is 2.88 bits per heavy atom. The second-order valence-corrected chi connectivity index (χ2v) is 6.89. The number of imidazole rings is 1. The van der Waals surface area contributed by atoms with Crippen LogP contribution in [0.1, 0.15) is 28.5 Å². The Kier molecular flexibility index (Phi) is 4.46. The van der Waals surface area contributed by atoms with Crippen molar-refractivity contribution in [3.8, 4) is 11.4 Å². The lowest BCUT2D eigenvalue weighted by Gasteiger charge is -2.27. The minimum Gasteiger partial charge on any atom is -0.493 e. The van der Waals surface area contributed by atoms with Gasteiger partial charge in [0.2, 0.25) is 0 Å². The van der Waals surface area contributed by atoms with E-state index < -0.39 is 0 Å². The maximum atomic E-state index is 13.1. The number of hydrogen-bond acceptors (Lipinski definition) is 3. The van der Waals surface area contributed by atoms with Crippen LogP contribution in [-0.4, -0.2) is 22.1 Å². The van der Waals surface area contributed by atoms with Gasteiger partial charge in [-0.3, -0.25) is 9.36 Å². The fourth-order valence-corrected chi connectivity index (χ4v) is 3.40. The molecule has 5 nitrogen and oxygen atoms in total. The number of halogens is 2. The van der Waals surface area contributed by atoms with E-state index in [0.717, 1.165) is 15.8 Å². The molecule has 1 aliphatic rings. The molecule has 3 aromatic rings. The van der Waals surface area contributed by atoms with Gasteiger partial charge in [0.05, 0.1) is 25.2 Å². The number of amides is 1. The first-order chi connectivity index (χ1) is 12.6. The Labute approximate surface area is 157 Å². The zero-order chi connectivity index (χ0) is 18.1. The molecular formula is C19H15BrFN3O2. The lowest BCUT2D eigenvalue weighted by atomic mass is 10.0. The summed E-state index contributed by atoms with van der Waals surface area (Å²) in [6.07, 6.45) is 3.72. The summed E-state index contributed by atoms with van der Waals surface area (Å²) in [7, 11) is 0. The van der Waals surface area contributed by atoms with E-state index in [1.54, 1.807) is 16.7 Å². The molecular weight excluding hydrogens is 401 g/mol. The van der Waals surface area contributed by atoms with Gasteiger partial charge in [-0.2, -0.15) is 0 Å². The van der Waals surface area contributed by atoms with Crippen LogP contribution in [0.25, 0.3) is 5.69 Å². The molecule has 0 bridgehead atoms. The van der Waals surface area contributed by atoms with Crippen LogP contribution < -0.4 is 10.1 Å². The SMILES string of the molecule is O=C(NC1CCOc2ccc(Br)cc21)c1cncn1-c1ccc(F)cc1. The average molecular weight is 416 g/mol. The van der Waals surface area contributed by atoms with Crippen LogP contribution in [0.2, 0.25) is 0 Å². The topological polar surface area (TPSA) is 56.1 Å². The molecule has 0 saturated carbocycles. The van der Waals surface area contributed by atoms with Crippen molar-refractivity contribution < 1.29 is 13.9 Å². The van der Waals surface area contributed by atoms with Crippen molar-refractivity contribution in [2.45, 2.75) is 12.5 Å². The highest BCUT2D eigenvalue weighted by atomic mass is 79.9. The van der Waals surface area contributed by atoms with Crippen molar-refractivity contribution in [2.75, 3.05) is 6.61 Å². The molecule has 1 aromatic heterocycles. The number of benzene rings is 2. The first kappa shape index (κ1) is 16.8. The van der Waals surface area contributed by atoms with E-state index >= 15 is 0 Å².